The van der Waals surface area contributed by atoms with Crippen LogP contribution in [0.3, 0.4) is 0 Å². The van der Waals surface area contributed by atoms with Crippen molar-refractivity contribution in [1.82, 2.24) is 4.98 Å². The summed E-state index contributed by atoms with van der Waals surface area (Å²) in [6, 6.07) is 0. The van der Waals surface area contributed by atoms with Gasteiger partial charge in [0.2, 0.25) is 0 Å². The van der Waals surface area contributed by atoms with Crippen molar-refractivity contribution in [3.8, 4) is 0 Å². The maximum atomic E-state index is 10.8. The third kappa shape index (κ3) is 3.02. The van der Waals surface area contributed by atoms with Crippen LogP contribution in [0.5, 0.6) is 0 Å². The van der Waals surface area contributed by atoms with Crippen LogP contribution in [0.25, 0.3) is 0 Å². The van der Waals surface area contributed by atoms with Crippen molar-refractivity contribution in [2.24, 2.45) is 0 Å². The Morgan fingerprint density at radius 2 is 2.54 bits per heavy atom. The molecular formula is C8H12N2O2S. The van der Waals surface area contributed by atoms with Gasteiger partial charge in [0, 0.05) is 25.2 Å². The van der Waals surface area contributed by atoms with Crippen LogP contribution < -0.4 is 4.90 Å². The average molecular weight is 200 g/mol. The number of thiazole rings is 1. The van der Waals surface area contributed by atoms with Crippen molar-refractivity contribution in [2.75, 3.05) is 25.6 Å². The minimum atomic E-state index is -0.191. The first-order valence-electron chi connectivity index (χ1n) is 3.91. The summed E-state index contributed by atoms with van der Waals surface area (Å²) >= 11 is 1.55. The van der Waals surface area contributed by atoms with Crippen LogP contribution in [0.1, 0.15) is 6.42 Å². The summed E-state index contributed by atoms with van der Waals surface area (Å²) in [5, 5.41) is 2.83. The minimum Gasteiger partial charge on any atom is -0.469 e. The molecule has 0 radical (unpaired) electrons. The van der Waals surface area contributed by atoms with Gasteiger partial charge in [0.25, 0.3) is 0 Å². The Kier molecular flexibility index (Phi) is 3.70. The second-order valence-corrected chi connectivity index (χ2v) is 3.44. The maximum Gasteiger partial charge on any atom is 0.307 e. The molecule has 72 valence electrons. The molecule has 5 heteroatoms. The first kappa shape index (κ1) is 9.98. The van der Waals surface area contributed by atoms with Crippen molar-refractivity contribution < 1.29 is 9.53 Å². The van der Waals surface area contributed by atoms with E-state index in [1.165, 1.54) is 7.11 Å². The summed E-state index contributed by atoms with van der Waals surface area (Å²) in [6.45, 7) is 0.639. The largest absolute Gasteiger partial charge is 0.469 e. The zero-order valence-corrected chi connectivity index (χ0v) is 8.50. The van der Waals surface area contributed by atoms with Crippen LogP contribution in [-0.4, -0.2) is 31.7 Å². The van der Waals surface area contributed by atoms with Gasteiger partial charge in [0.15, 0.2) is 5.13 Å². The van der Waals surface area contributed by atoms with Gasteiger partial charge in [-0.25, -0.2) is 4.98 Å². The van der Waals surface area contributed by atoms with Gasteiger partial charge in [-0.3, -0.25) is 4.79 Å². The van der Waals surface area contributed by atoms with Gasteiger partial charge >= 0.3 is 5.97 Å². The molecular weight excluding hydrogens is 188 g/mol. The van der Waals surface area contributed by atoms with Crippen molar-refractivity contribution >= 4 is 22.4 Å². The molecule has 0 aliphatic heterocycles. The van der Waals surface area contributed by atoms with E-state index in [0.717, 1.165) is 5.13 Å². The Balaban J connectivity index is 2.34. The summed E-state index contributed by atoms with van der Waals surface area (Å²) in [6.07, 6.45) is 2.14. The number of carbonyl (C=O) groups excluding carboxylic acids is 1. The molecule has 0 aliphatic rings. The van der Waals surface area contributed by atoms with E-state index in [1.54, 1.807) is 17.5 Å². The quantitative estimate of drug-likeness (QED) is 0.684. The number of nitrogens with zero attached hydrogens (tertiary/aromatic N) is 2. The maximum absolute atomic E-state index is 10.8. The highest BCUT2D eigenvalue weighted by atomic mass is 32.1. The number of anilines is 1. The molecule has 1 aromatic rings. The van der Waals surface area contributed by atoms with Gasteiger partial charge in [-0.2, -0.15) is 0 Å². The summed E-state index contributed by atoms with van der Waals surface area (Å²) in [5.74, 6) is -0.191. The van der Waals surface area contributed by atoms with Crippen LogP contribution in [0.2, 0.25) is 0 Å². The normalized spacial score (nSPS) is 9.69. The fraction of sp³-hybridized carbons (Fsp3) is 0.500. The summed E-state index contributed by atoms with van der Waals surface area (Å²) in [5.41, 5.74) is 0. The van der Waals surface area contributed by atoms with Crippen LogP contribution >= 0.6 is 11.3 Å². The van der Waals surface area contributed by atoms with Crippen molar-refractivity contribution in [1.29, 1.82) is 0 Å². The van der Waals surface area contributed by atoms with Crippen LogP contribution in [0.15, 0.2) is 11.6 Å². The Morgan fingerprint density at radius 3 is 3.08 bits per heavy atom. The minimum absolute atomic E-state index is 0.191. The predicted octanol–water partition coefficient (Wildman–Crippen LogP) is 1.14. The fourth-order valence-electron chi connectivity index (χ4n) is 0.861. The zero-order chi connectivity index (χ0) is 9.68. The second kappa shape index (κ2) is 4.81. The monoisotopic (exact) mass is 200 g/mol. The number of rotatable bonds is 4. The Hall–Kier alpha value is -1.10. The lowest BCUT2D eigenvalue weighted by atomic mass is 10.4. The van der Waals surface area contributed by atoms with Crippen LogP contribution in [0, 0.1) is 0 Å². The number of esters is 1. The molecule has 0 N–H and O–H groups in total. The molecule has 0 spiro atoms. The van der Waals surface area contributed by atoms with E-state index < -0.39 is 0 Å². The molecule has 0 unspecified atom stereocenters. The van der Waals surface area contributed by atoms with Crippen molar-refractivity contribution in [3.63, 3.8) is 0 Å². The fourth-order valence-corrected chi connectivity index (χ4v) is 1.50. The van der Waals surface area contributed by atoms with Gasteiger partial charge in [0.1, 0.15) is 0 Å². The molecule has 0 fully saturated rings. The first-order chi connectivity index (χ1) is 6.24. The van der Waals surface area contributed by atoms with E-state index in [9.17, 15) is 4.79 Å². The number of carbonyl (C=O) groups is 1. The Labute approximate surface area is 81.2 Å². The molecule has 13 heavy (non-hydrogen) atoms. The van der Waals surface area contributed by atoms with E-state index in [2.05, 4.69) is 9.72 Å². The van der Waals surface area contributed by atoms with Gasteiger partial charge in [-0.15, -0.1) is 11.3 Å². The highest BCUT2D eigenvalue weighted by Crippen LogP contribution is 2.15. The van der Waals surface area contributed by atoms with E-state index in [-0.39, 0.29) is 5.97 Å². The SMILES string of the molecule is COC(=O)CCN(C)c1nccs1. The van der Waals surface area contributed by atoms with Crippen molar-refractivity contribution in [3.05, 3.63) is 11.6 Å². The molecule has 4 nitrogen and oxygen atoms in total. The first-order valence-corrected chi connectivity index (χ1v) is 4.79. The second-order valence-electron chi connectivity index (χ2n) is 2.56. The van der Waals surface area contributed by atoms with Gasteiger partial charge in [-0.1, -0.05) is 0 Å². The van der Waals surface area contributed by atoms with Crippen LogP contribution in [-0.2, 0) is 9.53 Å². The lowest BCUT2D eigenvalue weighted by Gasteiger charge is -2.13. The molecule has 0 saturated heterocycles. The lowest BCUT2D eigenvalue weighted by molar-refractivity contribution is -0.140. The smallest absolute Gasteiger partial charge is 0.307 e. The molecule has 1 heterocycles. The zero-order valence-electron chi connectivity index (χ0n) is 7.69. The van der Waals surface area contributed by atoms with Gasteiger partial charge in [-0.05, 0) is 0 Å². The molecule has 0 aromatic carbocycles. The number of aromatic nitrogens is 1. The molecule has 0 bridgehead atoms. The summed E-state index contributed by atoms with van der Waals surface area (Å²) in [4.78, 5) is 16.9. The molecule has 0 amide bonds. The highest BCUT2D eigenvalue weighted by molar-refractivity contribution is 7.13. The number of hydrogen-bond donors (Lipinski definition) is 0. The van der Waals surface area contributed by atoms with Gasteiger partial charge < -0.3 is 9.64 Å². The lowest BCUT2D eigenvalue weighted by Crippen LogP contribution is -2.21. The standard InChI is InChI=1S/C8H12N2O2S/c1-10(5-3-7(11)12-2)8-9-4-6-13-8/h4,6H,3,5H2,1-2H3. The number of methoxy groups -OCH3 is 1. The molecule has 1 rings (SSSR count). The third-order valence-corrected chi connectivity index (χ3v) is 2.51. The summed E-state index contributed by atoms with van der Waals surface area (Å²) in [7, 11) is 3.30. The average Bonchev–Trinajstić information content (AvgIpc) is 2.66. The number of ether oxygens (including phenoxy) is 1. The molecule has 1 aromatic heterocycles. The van der Waals surface area contributed by atoms with Gasteiger partial charge in [0.05, 0.1) is 13.5 Å². The summed E-state index contributed by atoms with van der Waals surface area (Å²) < 4.78 is 4.54. The molecule has 0 saturated carbocycles. The van der Waals surface area contributed by atoms with Crippen molar-refractivity contribution in [2.45, 2.75) is 6.42 Å². The van der Waals surface area contributed by atoms with E-state index >= 15 is 0 Å². The topological polar surface area (TPSA) is 42.4 Å². The molecule has 0 aliphatic carbocycles. The highest BCUT2D eigenvalue weighted by Gasteiger charge is 2.06. The van der Waals surface area contributed by atoms with E-state index in [1.807, 2.05) is 17.3 Å². The Morgan fingerprint density at radius 1 is 1.77 bits per heavy atom. The third-order valence-electron chi connectivity index (χ3n) is 1.62. The van der Waals surface area contributed by atoms with E-state index in [4.69, 9.17) is 0 Å². The molecule has 0 atom stereocenters. The Bertz CT molecular complexity index is 261. The number of hydrogen-bond acceptors (Lipinski definition) is 5. The van der Waals surface area contributed by atoms with E-state index in [0.29, 0.717) is 13.0 Å². The predicted molar refractivity (Wildman–Crippen MR) is 52.0 cm³/mol. The van der Waals surface area contributed by atoms with Crippen LogP contribution in [0.4, 0.5) is 5.13 Å².